The number of aliphatic carboxylic acids is 1. The van der Waals surface area contributed by atoms with E-state index >= 15 is 0 Å². The molecule has 3 aromatic carbocycles. The average Bonchev–Trinajstić information content (AvgIpc) is 3.36. The fourth-order valence-electron chi connectivity index (χ4n) is 5.17. The molecule has 41 heavy (non-hydrogen) atoms. The average molecular weight is 575 g/mol. The van der Waals surface area contributed by atoms with E-state index in [0.29, 0.717) is 44.1 Å². The van der Waals surface area contributed by atoms with Gasteiger partial charge in [-0.15, -0.1) is 0 Å². The third-order valence-corrected chi connectivity index (χ3v) is 9.38. The standard InChI is InChI=1S/C32H34N2O6S/c1-3-23-9-13-26(14-10-23)41(37,38)34-19-17-27-28(21-34)24(12-16-31(35)36)11-15-30(27)39-20-18-29-22(2)40-32(33-29)25-7-5-4-6-8-25/h4-11,13-15H,3,12,16-21H2,1-2H3,(H,35,36). The Hall–Kier alpha value is -3.95. The Balaban J connectivity index is 1.35. The van der Waals surface area contributed by atoms with Gasteiger partial charge in [0.25, 0.3) is 0 Å². The number of rotatable bonds is 11. The van der Waals surface area contributed by atoms with Crippen LogP contribution in [0.5, 0.6) is 5.75 Å². The molecule has 8 nitrogen and oxygen atoms in total. The van der Waals surface area contributed by atoms with Crippen LogP contribution >= 0.6 is 0 Å². The first kappa shape index (κ1) is 28.6. The number of nitrogens with zero attached hydrogens (tertiary/aromatic N) is 2. The van der Waals surface area contributed by atoms with Gasteiger partial charge < -0.3 is 14.3 Å². The molecular formula is C32H34N2O6S. The molecular weight excluding hydrogens is 540 g/mol. The molecule has 0 atom stereocenters. The number of hydrogen-bond acceptors (Lipinski definition) is 6. The van der Waals surface area contributed by atoms with E-state index in [1.54, 1.807) is 12.1 Å². The zero-order valence-electron chi connectivity index (χ0n) is 23.3. The summed E-state index contributed by atoms with van der Waals surface area (Å²) in [5.41, 5.74) is 5.39. The lowest BCUT2D eigenvalue weighted by molar-refractivity contribution is -0.136. The Morgan fingerprint density at radius 2 is 1.78 bits per heavy atom. The summed E-state index contributed by atoms with van der Waals surface area (Å²) < 4.78 is 40.6. The minimum Gasteiger partial charge on any atom is -0.493 e. The molecule has 0 fully saturated rings. The van der Waals surface area contributed by atoms with Crippen LogP contribution in [-0.2, 0) is 47.0 Å². The number of carbonyl (C=O) groups is 1. The van der Waals surface area contributed by atoms with Crippen molar-refractivity contribution in [3.63, 3.8) is 0 Å². The van der Waals surface area contributed by atoms with E-state index in [9.17, 15) is 18.3 Å². The molecule has 9 heteroatoms. The van der Waals surface area contributed by atoms with Gasteiger partial charge in [-0.2, -0.15) is 4.31 Å². The number of aromatic nitrogens is 1. The van der Waals surface area contributed by atoms with Gasteiger partial charge in [0.1, 0.15) is 11.5 Å². The second-order valence-electron chi connectivity index (χ2n) is 10.1. The van der Waals surface area contributed by atoms with Gasteiger partial charge >= 0.3 is 5.97 Å². The zero-order chi connectivity index (χ0) is 29.0. The van der Waals surface area contributed by atoms with Gasteiger partial charge in [-0.1, -0.05) is 43.3 Å². The maximum absolute atomic E-state index is 13.5. The molecule has 214 valence electrons. The van der Waals surface area contributed by atoms with Crippen molar-refractivity contribution in [2.24, 2.45) is 0 Å². The fraction of sp³-hybridized carbons (Fsp3) is 0.312. The number of carboxylic acids is 1. The van der Waals surface area contributed by atoms with Crippen molar-refractivity contribution >= 4 is 16.0 Å². The van der Waals surface area contributed by atoms with Crippen LogP contribution in [0.15, 0.2) is 76.0 Å². The lowest BCUT2D eigenvalue weighted by Gasteiger charge is -2.31. The summed E-state index contributed by atoms with van der Waals surface area (Å²) in [6.45, 7) is 4.76. The molecule has 0 saturated heterocycles. The highest BCUT2D eigenvalue weighted by Crippen LogP contribution is 2.34. The van der Waals surface area contributed by atoms with Gasteiger partial charge in [-0.3, -0.25) is 4.79 Å². The molecule has 1 aliphatic rings. The number of benzene rings is 3. The summed E-state index contributed by atoms with van der Waals surface area (Å²) in [5, 5.41) is 9.28. The summed E-state index contributed by atoms with van der Waals surface area (Å²) in [6.07, 6.45) is 2.13. The number of oxazole rings is 1. The molecule has 4 aromatic rings. The van der Waals surface area contributed by atoms with Crippen LogP contribution in [0.1, 0.15) is 47.1 Å². The molecule has 1 N–H and O–H groups in total. The molecule has 0 bridgehead atoms. The van der Waals surface area contributed by atoms with Crippen LogP contribution in [-0.4, -0.2) is 41.9 Å². The highest BCUT2D eigenvalue weighted by Gasteiger charge is 2.31. The highest BCUT2D eigenvalue weighted by molar-refractivity contribution is 7.89. The van der Waals surface area contributed by atoms with E-state index in [1.165, 1.54) is 4.31 Å². The Bertz CT molecular complexity index is 1630. The Labute approximate surface area is 240 Å². The van der Waals surface area contributed by atoms with Crippen LogP contribution in [0.4, 0.5) is 0 Å². The van der Waals surface area contributed by atoms with E-state index in [4.69, 9.17) is 9.15 Å². The quantitative estimate of drug-likeness (QED) is 0.248. The molecule has 2 heterocycles. The maximum Gasteiger partial charge on any atom is 0.303 e. The molecule has 0 spiro atoms. The summed E-state index contributed by atoms with van der Waals surface area (Å²) in [6, 6.07) is 20.5. The van der Waals surface area contributed by atoms with Crippen molar-refractivity contribution in [3.8, 4) is 17.2 Å². The Morgan fingerprint density at radius 1 is 1.02 bits per heavy atom. The maximum atomic E-state index is 13.5. The van der Waals surface area contributed by atoms with Crippen LogP contribution < -0.4 is 4.74 Å². The lowest BCUT2D eigenvalue weighted by Crippen LogP contribution is -2.36. The molecule has 0 unspecified atom stereocenters. The third-order valence-electron chi connectivity index (χ3n) is 7.52. The first-order chi connectivity index (χ1) is 19.8. The summed E-state index contributed by atoms with van der Waals surface area (Å²) in [7, 11) is -3.71. The summed E-state index contributed by atoms with van der Waals surface area (Å²) in [5.74, 6) is 1.11. The fourth-order valence-corrected chi connectivity index (χ4v) is 6.58. The minimum absolute atomic E-state index is 0.0347. The number of fused-ring (bicyclic) bond motifs is 1. The second-order valence-corrected chi connectivity index (χ2v) is 12.1. The number of hydrogen-bond donors (Lipinski definition) is 1. The topological polar surface area (TPSA) is 110 Å². The summed E-state index contributed by atoms with van der Waals surface area (Å²) in [4.78, 5) is 16.2. The summed E-state index contributed by atoms with van der Waals surface area (Å²) >= 11 is 0. The van der Waals surface area contributed by atoms with Gasteiger partial charge in [0.15, 0.2) is 0 Å². The monoisotopic (exact) mass is 574 g/mol. The Kier molecular flexibility index (Phi) is 8.56. The van der Waals surface area contributed by atoms with Gasteiger partial charge in [-0.05, 0) is 73.2 Å². The number of aryl methyl sites for hydroxylation is 3. The van der Waals surface area contributed by atoms with Crippen LogP contribution in [0, 0.1) is 6.92 Å². The van der Waals surface area contributed by atoms with Gasteiger partial charge in [0.2, 0.25) is 15.9 Å². The third kappa shape index (κ3) is 6.36. The smallest absolute Gasteiger partial charge is 0.303 e. The van der Waals surface area contributed by atoms with Crippen LogP contribution in [0.2, 0.25) is 0 Å². The van der Waals surface area contributed by atoms with Crippen LogP contribution in [0.25, 0.3) is 11.5 Å². The zero-order valence-corrected chi connectivity index (χ0v) is 24.1. The number of sulfonamides is 1. The van der Waals surface area contributed by atoms with E-state index in [-0.39, 0.29) is 17.9 Å². The normalized spacial score (nSPS) is 13.6. The molecule has 0 aliphatic carbocycles. The molecule has 0 radical (unpaired) electrons. The highest BCUT2D eigenvalue weighted by atomic mass is 32.2. The number of ether oxygens (including phenoxy) is 1. The van der Waals surface area contributed by atoms with Gasteiger partial charge in [-0.25, -0.2) is 13.4 Å². The molecule has 1 aliphatic heterocycles. The van der Waals surface area contributed by atoms with E-state index in [0.717, 1.165) is 45.7 Å². The molecule has 0 saturated carbocycles. The minimum atomic E-state index is -3.71. The van der Waals surface area contributed by atoms with Crippen molar-refractivity contribution in [1.82, 2.24) is 9.29 Å². The van der Waals surface area contributed by atoms with Crippen molar-refractivity contribution in [3.05, 3.63) is 100 Å². The van der Waals surface area contributed by atoms with Crippen molar-refractivity contribution in [2.45, 2.75) is 57.4 Å². The predicted molar refractivity (Wildman–Crippen MR) is 155 cm³/mol. The van der Waals surface area contributed by atoms with E-state index in [2.05, 4.69) is 4.98 Å². The van der Waals surface area contributed by atoms with Gasteiger partial charge in [0, 0.05) is 37.1 Å². The lowest BCUT2D eigenvalue weighted by atomic mass is 9.92. The van der Waals surface area contributed by atoms with Crippen molar-refractivity contribution in [2.75, 3.05) is 13.2 Å². The molecule has 0 amide bonds. The van der Waals surface area contributed by atoms with E-state index < -0.39 is 16.0 Å². The largest absolute Gasteiger partial charge is 0.493 e. The SMILES string of the molecule is CCc1ccc(S(=O)(=O)N2CCc3c(OCCc4nc(-c5ccccc5)oc4C)ccc(CCC(=O)O)c3C2)cc1. The Morgan fingerprint density at radius 3 is 2.49 bits per heavy atom. The van der Waals surface area contributed by atoms with Crippen molar-refractivity contribution in [1.29, 1.82) is 0 Å². The van der Waals surface area contributed by atoms with Gasteiger partial charge in [0.05, 0.1) is 17.2 Å². The first-order valence-electron chi connectivity index (χ1n) is 13.8. The van der Waals surface area contributed by atoms with Crippen molar-refractivity contribution < 1.29 is 27.5 Å². The predicted octanol–water partition coefficient (Wildman–Crippen LogP) is 5.60. The molecule has 1 aromatic heterocycles. The first-order valence-corrected chi connectivity index (χ1v) is 15.3. The van der Waals surface area contributed by atoms with Crippen LogP contribution in [0.3, 0.4) is 0 Å². The van der Waals surface area contributed by atoms with E-state index in [1.807, 2.05) is 68.4 Å². The second kappa shape index (κ2) is 12.3. The molecule has 5 rings (SSSR count). The number of carboxylic acid groups (broad SMARTS) is 1.